The van der Waals surface area contributed by atoms with Gasteiger partial charge in [0, 0.05) is 19.2 Å². The molecule has 0 aromatic heterocycles. The number of anilines is 1. The Bertz CT molecular complexity index is 947. The highest BCUT2D eigenvalue weighted by Gasteiger charge is 2.32. The first-order valence-electron chi connectivity index (χ1n) is 9.47. The van der Waals surface area contributed by atoms with Crippen molar-refractivity contribution in [3.63, 3.8) is 0 Å². The van der Waals surface area contributed by atoms with Crippen LogP contribution in [0.15, 0.2) is 48.5 Å². The topological polar surface area (TPSA) is 84.9 Å². The van der Waals surface area contributed by atoms with Gasteiger partial charge in [0.15, 0.2) is 0 Å². The maximum atomic E-state index is 12.8. The zero-order valence-electron chi connectivity index (χ0n) is 16.6. The van der Waals surface area contributed by atoms with E-state index in [1.54, 1.807) is 37.4 Å². The third-order valence-corrected chi connectivity index (χ3v) is 6.82. The Labute approximate surface area is 171 Å². The molecule has 1 heterocycles. The number of carbonyl (C=O) groups is 1. The summed E-state index contributed by atoms with van der Waals surface area (Å²) in [4.78, 5) is 12.8. The number of piperidine rings is 1. The summed E-state index contributed by atoms with van der Waals surface area (Å²) in [7, 11) is -0.414. The van der Waals surface area contributed by atoms with E-state index in [1.807, 2.05) is 18.2 Å². The van der Waals surface area contributed by atoms with Gasteiger partial charge in [0.05, 0.1) is 31.6 Å². The largest absolute Gasteiger partial charge is 0.497 e. The summed E-state index contributed by atoms with van der Waals surface area (Å²) in [6, 6.07) is 14.2. The van der Waals surface area contributed by atoms with Gasteiger partial charge in [-0.2, -0.15) is 0 Å². The Kier molecular flexibility index (Phi) is 6.76. The normalized spacial score (nSPS) is 17.5. The molecule has 1 fully saturated rings. The van der Waals surface area contributed by atoms with Crippen LogP contribution in [0.1, 0.15) is 18.4 Å². The van der Waals surface area contributed by atoms with Gasteiger partial charge in [-0.25, -0.2) is 12.7 Å². The van der Waals surface area contributed by atoms with Crippen LogP contribution >= 0.6 is 0 Å². The van der Waals surface area contributed by atoms with Crippen molar-refractivity contribution in [2.24, 2.45) is 5.92 Å². The molecule has 0 aliphatic carbocycles. The Morgan fingerprint density at radius 2 is 1.90 bits per heavy atom. The number of hydrogen-bond acceptors (Lipinski definition) is 5. The maximum Gasteiger partial charge on any atom is 0.228 e. The van der Waals surface area contributed by atoms with E-state index >= 15 is 0 Å². The number of nitrogens with one attached hydrogen (secondary N) is 1. The van der Waals surface area contributed by atoms with Crippen molar-refractivity contribution in [3.05, 3.63) is 54.1 Å². The Hall–Kier alpha value is -2.58. The summed E-state index contributed by atoms with van der Waals surface area (Å²) in [5, 5.41) is 2.86. The standard InChI is InChI=1S/C21H26N2O5S/c1-27-18-10-11-19(20(13-18)28-2)22-21(24)17-9-6-12-23(14-17)29(25,26)15-16-7-4-3-5-8-16/h3-5,7-8,10-11,13,17H,6,9,12,14-15H2,1-2H3,(H,22,24)/t17-/m0/s1. The van der Waals surface area contributed by atoms with Crippen LogP contribution in [0.4, 0.5) is 5.69 Å². The van der Waals surface area contributed by atoms with E-state index in [0.29, 0.717) is 36.6 Å². The molecular formula is C21H26N2O5S. The molecule has 1 amide bonds. The molecule has 8 heteroatoms. The third-order valence-electron chi connectivity index (χ3n) is 5.01. The van der Waals surface area contributed by atoms with Crippen molar-refractivity contribution in [2.75, 3.05) is 32.6 Å². The van der Waals surface area contributed by atoms with E-state index in [2.05, 4.69) is 5.32 Å². The number of rotatable bonds is 7. The summed E-state index contributed by atoms with van der Waals surface area (Å²) >= 11 is 0. The van der Waals surface area contributed by atoms with E-state index in [1.165, 1.54) is 11.4 Å². The molecule has 3 rings (SSSR count). The highest BCUT2D eigenvalue weighted by Crippen LogP contribution is 2.30. The van der Waals surface area contributed by atoms with Crippen LogP contribution in [0.3, 0.4) is 0 Å². The van der Waals surface area contributed by atoms with Gasteiger partial charge >= 0.3 is 0 Å². The fourth-order valence-corrected chi connectivity index (χ4v) is 5.03. The van der Waals surface area contributed by atoms with Crippen molar-refractivity contribution < 1.29 is 22.7 Å². The van der Waals surface area contributed by atoms with Crippen LogP contribution in [-0.2, 0) is 20.6 Å². The molecule has 29 heavy (non-hydrogen) atoms. The lowest BCUT2D eigenvalue weighted by molar-refractivity contribution is -0.120. The van der Waals surface area contributed by atoms with E-state index in [4.69, 9.17) is 9.47 Å². The Morgan fingerprint density at radius 1 is 1.14 bits per heavy atom. The van der Waals surface area contributed by atoms with Crippen molar-refractivity contribution in [1.82, 2.24) is 4.31 Å². The fraction of sp³-hybridized carbons (Fsp3) is 0.381. The van der Waals surface area contributed by atoms with E-state index < -0.39 is 15.9 Å². The minimum absolute atomic E-state index is 0.0610. The van der Waals surface area contributed by atoms with Crippen LogP contribution in [0.5, 0.6) is 11.5 Å². The van der Waals surface area contributed by atoms with Gasteiger partial charge in [0.2, 0.25) is 15.9 Å². The van der Waals surface area contributed by atoms with Gasteiger partial charge in [-0.15, -0.1) is 0 Å². The summed E-state index contributed by atoms with van der Waals surface area (Å²) in [6.07, 6.45) is 1.29. The lowest BCUT2D eigenvalue weighted by Gasteiger charge is -2.31. The molecule has 0 radical (unpaired) electrons. The second-order valence-corrected chi connectivity index (χ2v) is 8.96. The number of methoxy groups -OCH3 is 2. The Morgan fingerprint density at radius 3 is 2.59 bits per heavy atom. The molecule has 1 aliphatic heterocycles. The van der Waals surface area contributed by atoms with Crippen molar-refractivity contribution in [3.8, 4) is 11.5 Å². The quantitative estimate of drug-likeness (QED) is 0.747. The van der Waals surface area contributed by atoms with Crippen LogP contribution in [-0.4, -0.2) is 45.9 Å². The highest BCUT2D eigenvalue weighted by atomic mass is 32.2. The first-order chi connectivity index (χ1) is 13.9. The summed E-state index contributed by atoms with van der Waals surface area (Å²) < 4.78 is 37.5. The molecule has 156 valence electrons. The maximum absolute atomic E-state index is 12.8. The first-order valence-corrected chi connectivity index (χ1v) is 11.1. The SMILES string of the molecule is COc1ccc(NC(=O)[C@H]2CCCN(S(=O)(=O)Cc3ccccc3)C2)c(OC)c1. The van der Waals surface area contributed by atoms with E-state index in [-0.39, 0.29) is 18.2 Å². The fourth-order valence-electron chi connectivity index (χ4n) is 3.42. The second-order valence-electron chi connectivity index (χ2n) is 6.99. The summed E-state index contributed by atoms with van der Waals surface area (Å²) in [6.45, 7) is 0.615. The molecule has 2 aromatic carbocycles. The molecule has 0 unspecified atom stereocenters. The number of carbonyl (C=O) groups excluding carboxylic acids is 1. The van der Waals surface area contributed by atoms with Gasteiger partial charge in [0.1, 0.15) is 11.5 Å². The van der Waals surface area contributed by atoms with Gasteiger partial charge in [-0.05, 0) is 30.5 Å². The smallest absolute Gasteiger partial charge is 0.228 e. The van der Waals surface area contributed by atoms with Crippen LogP contribution < -0.4 is 14.8 Å². The molecule has 1 saturated heterocycles. The lowest BCUT2D eigenvalue weighted by Crippen LogP contribution is -2.44. The van der Waals surface area contributed by atoms with Gasteiger partial charge in [-0.3, -0.25) is 4.79 Å². The summed E-state index contributed by atoms with van der Waals surface area (Å²) in [5.41, 5.74) is 1.27. The molecule has 1 aliphatic rings. The van der Waals surface area contributed by atoms with Crippen LogP contribution in [0.25, 0.3) is 0 Å². The molecule has 7 nitrogen and oxygen atoms in total. The number of benzene rings is 2. The molecule has 0 spiro atoms. The van der Waals surface area contributed by atoms with Gasteiger partial charge in [-0.1, -0.05) is 30.3 Å². The molecule has 1 N–H and O–H groups in total. The van der Waals surface area contributed by atoms with Crippen LogP contribution in [0.2, 0.25) is 0 Å². The number of sulfonamides is 1. The molecule has 2 aromatic rings. The Balaban J connectivity index is 1.68. The minimum Gasteiger partial charge on any atom is -0.497 e. The molecule has 0 saturated carbocycles. The third kappa shape index (κ3) is 5.27. The average molecular weight is 419 g/mol. The second kappa shape index (κ2) is 9.28. The van der Waals surface area contributed by atoms with Crippen molar-refractivity contribution in [1.29, 1.82) is 0 Å². The molecular weight excluding hydrogens is 392 g/mol. The summed E-state index contributed by atoms with van der Waals surface area (Å²) in [5.74, 6) is 0.418. The number of amides is 1. The molecule has 0 bridgehead atoms. The highest BCUT2D eigenvalue weighted by molar-refractivity contribution is 7.88. The monoisotopic (exact) mass is 418 g/mol. The zero-order valence-corrected chi connectivity index (χ0v) is 17.4. The van der Waals surface area contributed by atoms with Gasteiger partial charge in [0.25, 0.3) is 0 Å². The van der Waals surface area contributed by atoms with E-state index in [0.717, 1.165) is 5.56 Å². The number of hydrogen-bond donors (Lipinski definition) is 1. The van der Waals surface area contributed by atoms with Crippen LogP contribution in [0, 0.1) is 5.92 Å². The predicted molar refractivity (Wildman–Crippen MR) is 112 cm³/mol. The first kappa shape index (κ1) is 21.1. The lowest BCUT2D eigenvalue weighted by atomic mass is 9.98. The number of ether oxygens (including phenoxy) is 2. The van der Waals surface area contributed by atoms with Crippen molar-refractivity contribution in [2.45, 2.75) is 18.6 Å². The van der Waals surface area contributed by atoms with Gasteiger partial charge < -0.3 is 14.8 Å². The zero-order chi connectivity index (χ0) is 20.9. The van der Waals surface area contributed by atoms with Crippen molar-refractivity contribution >= 4 is 21.6 Å². The predicted octanol–water partition coefficient (Wildman–Crippen LogP) is 2.88. The molecule has 1 atom stereocenters. The average Bonchev–Trinajstić information content (AvgIpc) is 2.74. The number of nitrogens with zero attached hydrogens (tertiary/aromatic N) is 1. The minimum atomic E-state index is -3.49. The van der Waals surface area contributed by atoms with E-state index in [9.17, 15) is 13.2 Å².